The average Bonchev–Trinajstić information content (AvgIpc) is 3.26. The van der Waals surface area contributed by atoms with E-state index in [1.807, 2.05) is 87.5 Å². The SMILES string of the molecule is CCC(Sc1nc2ccc(NC(=O)C=Cc3ccccc3)cc2s1)C(=O)Nc1c(C)cccc1C. The van der Waals surface area contributed by atoms with Gasteiger partial charge in [-0.15, -0.1) is 11.3 Å². The molecule has 0 aliphatic heterocycles. The molecule has 2 amide bonds. The molecule has 1 aromatic heterocycles. The third kappa shape index (κ3) is 6.38. The van der Waals surface area contributed by atoms with Gasteiger partial charge in [-0.05, 0) is 61.2 Å². The fourth-order valence-electron chi connectivity index (χ4n) is 3.61. The van der Waals surface area contributed by atoms with Crippen molar-refractivity contribution in [3.63, 3.8) is 0 Å². The van der Waals surface area contributed by atoms with Crippen molar-refractivity contribution in [2.24, 2.45) is 0 Å². The number of carbonyl (C=O) groups excluding carboxylic acids is 2. The van der Waals surface area contributed by atoms with Crippen LogP contribution in [0.25, 0.3) is 16.3 Å². The second kappa shape index (κ2) is 11.3. The fraction of sp³-hybridized carbons (Fsp3) is 0.179. The number of anilines is 2. The van der Waals surface area contributed by atoms with Gasteiger partial charge in [-0.3, -0.25) is 9.59 Å². The standard InChI is InChI=1S/C28H27N3O2S2/c1-4-23(27(33)31-26-18(2)9-8-10-19(26)3)34-28-30-22-15-14-21(17-24(22)35-28)29-25(32)16-13-20-11-6-5-7-12-20/h5-17,23H,4H2,1-3H3,(H,29,32)(H,31,33). The van der Waals surface area contributed by atoms with Crippen LogP contribution in [0.2, 0.25) is 0 Å². The number of hydrogen-bond donors (Lipinski definition) is 2. The number of para-hydroxylation sites is 1. The number of benzene rings is 3. The van der Waals surface area contributed by atoms with Crippen LogP contribution in [0, 0.1) is 13.8 Å². The molecule has 7 heteroatoms. The first-order valence-corrected chi connectivity index (χ1v) is 13.1. The highest BCUT2D eigenvalue weighted by Gasteiger charge is 2.21. The molecular weight excluding hydrogens is 474 g/mol. The van der Waals surface area contributed by atoms with E-state index in [0.29, 0.717) is 12.1 Å². The predicted molar refractivity (Wildman–Crippen MR) is 148 cm³/mol. The van der Waals surface area contributed by atoms with Crippen molar-refractivity contribution < 1.29 is 9.59 Å². The molecule has 0 aliphatic rings. The summed E-state index contributed by atoms with van der Waals surface area (Å²) < 4.78 is 1.79. The number of nitrogens with one attached hydrogen (secondary N) is 2. The Kier molecular flexibility index (Phi) is 8.00. The van der Waals surface area contributed by atoms with Crippen LogP contribution >= 0.6 is 23.1 Å². The van der Waals surface area contributed by atoms with Crippen molar-refractivity contribution in [1.82, 2.24) is 4.98 Å². The quantitative estimate of drug-likeness (QED) is 0.200. The van der Waals surface area contributed by atoms with E-state index in [2.05, 4.69) is 10.6 Å². The van der Waals surface area contributed by atoms with E-state index in [1.165, 1.54) is 29.2 Å². The topological polar surface area (TPSA) is 71.1 Å². The van der Waals surface area contributed by atoms with Gasteiger partial charge in [0.15, 0.2) is 4.34 Å². The minimum absolute atomic E-state index is 0.0210. The number of amides is 2. The summed E-state index contributed by atoms with van der Waals surface area (Å²) in [4.78, 5) is 30.0. The smallest absolute Gasteiger partial charge is 0.248 e. The number of carbonyl (C=O) groups is 2. The lowest BCUT2D eigenvalue weighted by Gasteiger charge is -2.16. The van der Waals surface area contributed by atoms with Crippen molar-refractivity contribution in [1.29, 1.82) is 0 Å². The van der Waals surface area contributed by atoms with E-state index in [1.54, 1.807) is 6.08 Å². The fourth-order valence-corrected chi connectivity index (χ4v) is 5.88. The summed E-state index contributed by atoms with van der Waals surface area (Å²) >= 11 is 3.00. The molecule has 0 radical (unpaired) electrons. The van der Waals surface area contributed by atoms with Crippen LogP contribution in [0.15, 0.2) is 77.1 Å². The second-order valence-electron chi connectivity index (χ2n) is 8.17. The summed E-state index contributed by atoms with van der Waals surface area (Å²) in [5, 5.41) is 5.75. The first-order valence-electron chi connectivity index (χ1n) is 11.4. The molecule has 3 aromatic carbocycles. The van der Waals surface area contributed by atoms with Gasteiger partial charge in [0.25, 0.3) is 0 Å². The molecule has 0 bridgehead atoms. The van der Waals surface area contributed by atoms with Crippen LogP contribution in [-0.2, 0) is 9.59 Å². The van der Waals surface area contributed by atoms with Gasteiger partial charge in [0.2, 0.25) is 11.8 Å². The van der Waals surface area contributed by atoms with E-state index in [9.17, 15) is 9.59 Å². The van der Waals surface area contributed by atoms with Gasteiger partial charge in [0, 0.05) is 17.5 Å². The Bertz CT molecular complexity index is 1360. The number of aryl methyl sites for hydroxylation is 2. The number of hydrogen-bond acceptors (Lipinski definition) is 5. The Morgan fingerprint density at radius 3 is 2.46 bits per heavy atom. The summed E-state index contributed by atoms with van der Waals surface area (Å²) in [6, 6.07) is 21.3. The Balaban J connectivity index is 1.43. The molecule has 1 atom stereocenters. The van der Waals surface area contributed by atoms with E-state index in [-0.39, 0.29) is 17.1 Å². The summed E-state index contributed by atoms with van der Waals surface area (Å²) in [7, 11) is 0. The van der Waals surface area contributed by atoms with Crippen LogP contribution in [-0.4, -0.2) is 22.0 Å². The van der Waals surface area contributed by atoms with E-state index in [4.69, 9.17) is 4.98 Å². The number of fused-ring (bicyclic) bond motifs is 1. The van der Waals surface area contributed by atoms with Gasteiger partial charge < -0.3 is 10.6 Å². The van der Waals surface area contributed by atoms with Crippen molar-refractivity contribution >= 4 is 62.6 Å². The summed E-state index contributed by atoms with van der Waals surface area (Å²) in [5.41, 5.74) is 5.50. The van der Waals surface area contributed by atoms with Crippen LogP contribution < -0.4 is 10.6 Å². The highest BCUT2D eigenvalue weighted by atomic mass is 32.2. The molecule has 0 spiro atoms. The predicted octanol–water partition coefficient (Wildman–Crippen LogP) is 7.07. The van der Waals surface area contributed by atoms with Gasteiger partial charge in [-0.1, -0.05) is 67.2 Å². The van der Waals surface area contributed by atoms with Crippen molar-refractivity contribution in [2.75, 3.05) is 10.6 Å². The molecule has 4 aromatic rings. The maximum Gasteiger partial charge on any atom is 0.248 e. The first-order chi connectivity index (χ1) is 16.9. The third-order valence-electron chi connectivity index (χ3n) is 5.50. The highest BCUT2D eigenvalue weighted by Crippen LogP contribution is 2.35. The molecule has 4 rings (SSSR count). The molecule has 0 fully saturated rings. The van der Waals surface area contributed by atoms with Crippen LogP contribution in [0.1, 0.15) is 30.0 Å². The zero-order chi connectivity index (χ0) is 24.8. The van der Waals surface area contributed by atoms with Gasteiger partial charge in [-0.25, -0.2) is 4.98 Å². The molecule has 178 valence electrons. The largest absolute Gasteiger partial charge is 0.325 e. The Morgan fingerprint density at radius 2 is 1.74 bits per heavy atom. The molecule has 5 nitrogen and oxygen atoms in total. The minimum atomic E-state index is -0.253. The lowest BCUT2D eigenvalue weighted by molar-refractivity contribution is -0.115. The second-order valence-corrected chi connectivity index (χ2v) is 10.6. The Hall–Kier alpha value is -3.42. The Morgan fingerprint density at radius 1 is 1.00 bits per heavy atom. The number of thioether (sulfide) groups is 1. The van der Waals surface area contributed by atoms with Gasteiger partial charge in [0.05, 0.1) is 15.5 Å². The molecule has 2 N–H and O–H groups in total. The molecule has 0 aliphatic carbocycles. The monoisotopic (exact) mass is 501 g/mol. The maximum atomic E-state index is 13.0. The number of nitrogens with zero attached hydrogens (tertiary/aromatic N) is 1. The van der Waals surface area contributed by atoms with E-state index in [0.717, 1.165) is 36.9 Å². The number of thiazole rings is 1. The van der Waals surface area contributed by atoms with Crippen molar-refractivity contribution in [3.8, 4) is 0 Å². The average molecular weight is 502 g/mol. The normalized spacial score (nSPS) is 12.1. The lowest BCUT2D eigenvalue weighted by Crippen LogP contribution is -2.25. The van der Waals surface area contributed by atoms with Gasteiger partial charge in [-0.2, -0.15) is 0 Å². The van der Waals surface area contributed by atoms with Crippen LogP contribution in [0.4, 0.5) is 11.4 Å². The highest BCUT2D eigenvalue weighted by molar-refractivity contribution is 8.02. The molecular formula is C28H27N3O2S2. The van der Waals surface area contributed by atoms with Crippen molar-refractivity contribution in [2.45, 2.75) is 36.8 Å². The lowest BCUT2D eigenvalue weighted by atomic mass is 10.1. The van der Waals surface area contributed by atoms with Crippen LogP contribution in [0.5, 0.6) is 0 Å². The van der Waals surface area contributed by atoms with E-state index < -0.39 is 0 Å². The molecule has 1 unspecified atom stereocenters. The molecule has 0 saturated heterocycles. The first kappa shape index (κ1) is 24.7. The van der Waals surface area contributed by atoms with Crippen LogP contribution in [0.3, 0.4) is 0 Å². The zero-order valence-corrected chi connectivity index (χ0v) is 21.5. The molecule has 35 heavy (non-hydrogen) atoms. The Labute approximate surface area is 213 Å². The summed E-state index contributed by atoms with van der Waals surface area (Å²) in [6.07, 6.45) is 3.99. The van der Waals surface area contributed by atoms with Gasteiger partial charge >= 0.3 is 0 Å². The summed E-state index contributed by atoms with van der Waals surface area (Å²) in [5.74, 6) is -0.214. The summed E-state index contributed by atoms with van der Waals surface area (Å²) in [6.45, 7) is 6.00. The van der Waals surface area contributed by atoms with E-state index >= 15 is 0 Å². The molecule has 0 saturated carbocycles. The van der Waals surface area contributed by atoms with Crippen molar-refractivity contribution in [3.05, 3.63) is 89.5 Å². The molecule has 1 heterocycles. The minimum Gasteiger partial charge on any atom is -0.325 e. The zero-order valence-electron chi connectivity index (χ0n) is 19.9. The number of rotatable bonds is 8. The maximum absolute atomic E-state index is 13.0. The third-order valence-corrected chi connectivity index (χ3v) is 7.98. The number of aromatic nitrogens is 1. The van der Waals surface area contributed by atoms with Gasteiger partial charge in [0.1, 0.15) is 0 Å².